The van der Waals surface area contributed by atoms with E-state index in [1.165, 1.54) is 16.3 Å². The molecule has 0 atom stereocenters. The largest absolute Gasteiger partial charge is 0.462 e. The zero-order valence-electron chi connectivity index (χ0n) is 9.79. The molecule has 3 rings (SSSR count). The van der Waals surface area contributed by atoms with Crippen molar-refractivity contribution in [1.82, 2.24) is 4.98 Å². The van der Waals surface area contributed by atoms with Gasteiger partial charge in [-0.1, -0.05) is 20.8 Å². The summed E-state index contributed by atoms with van der Waals surface area (Å²) in [5, 5.41) is 2.43. The highest BCUT2D eigenvalue weighted by atomic mass is 16.3. The quantitative estimate of drug-likeness (QED) is 0.595. The number of nitrogens with one attached hydrogen (secondary N) is 1. The molecule has 0 aliphatic rings. The average molecular weight is 213 g/mol. The average Bonchev–Trinajstić information content (AvgIpc) is 2.82. The van der Waals surface area contributed by atoms with Gasteiger partial charge in [-0.15, -0.1) is 0 Å². The van der Waals surface area contributed by atoms with Gasteiger partial charge in [0.2, 0.25) is 0 Å². The number of aromatic nitrogens is 1. The fraction of sp³-hybridized carbons (Fsp3) is 0.286. The van der Waals surface area contributed by atoms with E-state index >= 15 is 0 Å². The molecule has 16 heavy (non-hydrogen) atoms. The lowest BCUT2D eigenvalue weighted by Crippen LogP contribution is -2.11. The van der Waals surface area contributed by atoms with E-state index in [-0.39, 0.29) is 5.41 Å². The van der Waals surface area contributed by atoms with Crippen molar-refractivity contribution in [2.24, 2.45) is 0 Å². The van der Waals surface area contributed by atoms with Gasteiger partial charge in [0, 0.05) is 17.0 Å². The van der Waals surface area contributed by atoms with Crippen LogP contribution in [-0.2, 0) is 5.41 Å². The molecule has 2 heteroatoms. The van der Waals surface area contributed by atoms with Gasteiger partial charge < -0.3 is 9.40 Å². The van der Waals surface area contributed by atoms with E-state index in [9.17, 15) is 0 Å². The van der Waals surface area contributed by atoms with E-state index in [0.717, 1.165) is 11.1 Å². The van der Waals surface area contributed by atoms with Gasteiger partial charge in [-0.05, 0) is 29.2 Å². The van der Waals surface area contributed by atoms with Crippen LogP contribution in [0.15, 0.2) is 35.1 Å². The molecule has 3 aromatic rings. The van der Waals surface area contributed by atoms with Gasteiger partial charge in [-0.25, -0.2) is 0 Å². The Kier molecular flexibility index (Phi) is 1.73. The summed E-state index contributed by atoms with van der Waals surface area (Å²) < 4.78 is 5.59. The molecule has 1 N–H and O–H groups in total. The predicted octanol–water partition coefficient (Wildman–Crippen LogP) is 4.21. The third-order valence-corrected chi connectivity index (χ3v) is 3.07. The molecule has 0 unspecified atom stereocenters. The van der Waals surface area contributed by atoms with Crippen LogP contribution in [0.2, 0.25) is 0 Å². The molecule has 0 aliphatic heterocycles. The van der Waals surface area contributed by atoms with Crippen molar-refractivity contribution in [2.75, 3.05) is 0 Å². The second-order valence-corrected chi connectivity index (χ2v) is 5.28. The minimum absolute atomic E-state index is 0.133. The van der Waals surface area contributed by atoms with E-state index in [1.54, 1.807) is 6.26 Å². The first-order chi connectivity index (χ1) is 7.57. The molecule has 0 spiro atoms. The van der Waals surface area contributed by atoms with Gasteiger partial charge in [0.05, 0.1) is 11.8 Å². The van der Waals surface area contributed by atoms with Crippen LogP contribution in [-0.4, -0.2) is 4.98 Å². The summed E-state index contributed by atoms with van der Waals surface area (Å²) in [4.78, 5) is 3.23. The minimum Gasteiger partial charge on any atom is -0.462 e. The number of aromatic amines is 1. The number of rotatable bonds is 0. The van der Waals surface area contributed by atoms with Crippen molar-refractivity contribution in [3.8, 4) is 0 Å². The van der Waals surface area contributed by atoms with Crippen molar-refractivity contribution in [2.45, 2.75) is 26.2 Å². The smallest absolute Gasteiger partial charge is 0.158 e. The van der Waals surface area contributed by atoms with Crippen molar-refractivity contribution >= 4 is 21.9 Å². The van der Waals surface area contributed by atoms with Gasteiger partial charge in [0.15, 0.2) is 5.58 Å². The molecule has 0 fully saturated rings. The number of furan rings is 1. The lowest BCUT2D eigenvalue weighted by Gasteiger charge is -2.20. The Hall–Kier alpha value is -1.70. The van der Waals surface area contributed by atoms with E-state index in [0.29, 0.717) is 0 Å². The van der Waals surface area contributed by atoms with Gasteiger partial charge in [0.1, 0.15) is 0 Å². The molecule has 0 bridgehead atoms. The summed E-state index contributed by atoms with van der Waals surface area (Å²) >= 11 is 0. The summed E-state index contributed by atoms with van der Waals surface area (Å²) in [7, 11) is 0. The second kappa shape index (κ2) is 2.91. The molecule has 2 nitrogen and oxygen atoms in total. The molecule has 2 aromatic heterocycles. The normalized spacial score (nSPS) is 12.7. The van der Waals surface area contributed by atoms with Crippen molar-refractivity contribution in [3.63, 3.8) is 0 Å². The Labute approximate surface area is 94.3 Å². The Balaban J connectivity index is 2.53. The SMILES string of the molecule is CC(C)(C)c1cc2cc[nH]c2c2occc12. The number of H-pyrrole nitrogens is 1. The molecular weight excluding hydrogens is 198 g/mol. The fourth-order valence-corrected chi connectivity index (χ4v) is 2.27. The maximum Gasteiger partial charge on any atom is 0.158 e. The van der Waals surface area contributed by atoms with Crippen molar-refractivity contribution < 1.29 is 4.42 Å². The Morgan fingerprint density at radius 2 is 2.00 bits per heavy atom. The highest BCUT2D eigenvalue weighted by Gasteiger charge is 2.20. The van der Waals surface area contributed by atoms with Crippen LogP contribution in [0.5, 0.6) is 0 Å². The topological polar surface area (TPSA) is 28.9 Å². The highest BCUT2D eigenvalue weighted by molar-refractivity contribution is 6.04. The summed E-state index contributed by atoms with van der Waals surface area (Å²) in [5.41, 5.74) is 3.52. The zero-order chi connectivity index (χ0) is 11.3. The summed E-state index contributed by atoms with van der Waals surface area (Å²) in [6.07, 6.45) is 3.72. The third-order valence-electron chi connectivity index (χ3n) is 3.07. The Bertz CT molecular complexity index is 652. The highest BCUT2D eigenvalue weighted by Crippen LogP contribution is 2.35. The fourth-order valence-electron chi connectivity index (χ4n) is 2.27. The van der Waals surface area contributed by atoms with Gasteiger partial charge >= 0.3 is 0 Å². The van der Waals surface area contributed by atoms with Gasteiger partial charge in [-0.3, -0.25) is 0 Å². The van der Waals surface area contributed by atoms with Crippen LogP contribution in [0, 0.1) is 0 Å². The van der Waals surface area contributed by atoms with Crippen LogP contribution in [0.25, 0.3) is 21.9 Å². The van der Waals surface area contributed by atoms with E-state index in [1.807, 2.05) is 6.20 Å². The number of hydrogen-bond acceptors (Lipinski definition) is 1. The van der Waals surface area contributed by atoms with Crippen LogP contribution in [0.4, 0.5) is 0 Å². The predicted molar refractivity (Wildman–Crippen MR) is 66.8 cm³/mol. The van der Waals surface area contributed by atoms with Crippen molar-refractivity contribution in [1.29, 1.82) is 0 Å². The van der Waals surface area contributed by atoms with Crippen LogP contribution in [0.3, 0.4) is 0 Å². The maximum atomic E-state index is 5.59. The molecular formula is C14H15NO. The standard InChI is InChI=1S/C14H15NO/c1-14(2,3)11-8-9-4-6-15-12(9)13-10(11)5-7-16-13/h4-8,15H,1-3H3. The van der Waals surface area contributed by atoms with E-state index in [2.05, 4.69) is 44.0 Å². The first-order valence-corrected chi connectivity index (χ1v) is 5.55. The molecule has 1 aromatic carbocycles. The van der Waals surface area contributed by atoms with E-state index in [4.69, 9.17) is 4.42 Å². The molecule has 2 heterocycles. The molecule has 0 radical (unpaired) electrons. The molecule has 0 amide bonds. The first-order valence-electron chi connectivity index (χ1n) is 5.55. The van der Waals surface area contributed by atoms with Crippen LogP contribution in [0.1, 0.15) is 26.3 Å². The summed E-state index contributed by atoms with van der Waals surface area (Å²) in [6, 6.07) is 6.40. The monoisotopic (exact) mass is 213 g/mol. The Morgan fingerprint density at radius 1 is 1.19 bits per heavy atom. The summed E-state index contributed by atoms with van der Waals surface area (Å²) in [6.45, 7) is 6.69. The lowest BCUT2D eigenvalue weighted by atomic mass is 9.84. The third kappa shape index (κ3) is 1.19. The number of hydrogen-bond donors (Lipinski definition) is 1. The zero-order valence-corrected chi connectivity index (χ0v) is 9.79. The molecule has 82 valence electrons. The second-order valence-electron chi connectivity index (χ2n) is 5.28. The van der Waals surface area contributed by atoms with E-state index < -0.39 is 0 Å². The first kappa shape index (κ1) is 9.52. The minimum atomic E-state index is 0.133. The lowest BCUT2D eigenvalue weighted by molar-refractivity contribution is 0.594. The summed E-state index contributed by atoms with van der Waals surface area (Å²) in [5.74, 6) is 0. The number of benzene rings is 1. The molecule has 0 aliphatic carbocycles. The Morgan fingerprint density at radius 3 is 2.75 bits per heavy atom. The van der Waals surface area contributed by atoms with Crippen molar-refractivity contribution in [3.05, 3.63) is 36.2 Å². The molecule has 0 saturated carbocycles. The van der Waals surface area contributed by atoms with Crippen LogP contribution < -0.4 is 0 Å². The number of fused-ring (bicyclic) bond motifs is 3. The van der Waals surface area contributed by atoms with Gasteiger partial charge in [-0.2, -0.15) is 0 Å². The van der Waals surface area contributed by atoms with Crippen LogP contribution >= 0.6 is 0 Å². The maximum absolute atomic E-state index is 5.59. The molecule has 0 saturated heterocycles. The van der Waals surface area contributed by atoms with Gasteiger partial charge in [0.25, 0.3) is 0 Å².